The molecule has 0 aliphatic carbocycles. The Kier molecular flexibility index (Phi) is 8.46. The van der Waals surface area contributed by atoms with E-state index in [9.17, 15) is 57.3 Å². The number of phosphoric ester groups is 1. The molecule has 0 amide bonds. The second kappa shape index (κ2) is 7.73. The zero-order valence-electron chi connectivity index (χ0n) is 9.81. The van der Waals surface area contributed by atoms with Crippen LogP contribution in [0.3, 0.4) is 0 Å². The fourth-order valence-electron chi connectivity index (χ4n) is 0.901. The van der Waals surface area contributed by atoms with Crippen LogP contribution in [-0.4, -0.2) is 64.9 Å². The molecular formula is C6H5F12MgO4P. The van der Waals surface area contributed by atoms with Crippen LogP contribution in [-0.2, 0) is 13.6 Å². The molecule has 0 rings (SSSR count). The van der Waals surface area contributed by atoms with Crippen LogP contribution in [0.15, 0.2) is 0 Å². The normalized spacial score (nSPS) is 15.0. The summed E-state index contributed by atoms with van der Waals surface area (Å²) in [6, 6.07) is 0. The van der Waals surface area contributed by atoms with Gasteiger partial charge in [-0.2, -0.15) is 52.7 Å². The summed E-state index contributed by atoms with van der Waals surface area (Å²) in [7, 11) is -7.07. The lowest BCUT2D eigenvalue weighted by Gasteiger charge is -2.28. The number of hydrogen-bond acceptors (Lipinski definition) is 3. The van der Waals surface area contributed by atoms with Gasteiger partial charge < -0.3 is 4.89 Å². The van der Waals surface area contributed by atoms with Gasteiger partial charge in [0, 0.05) is 0 Å². The van der Waals surface area contributed by atoms with Crippen LogP contribution in [0, 0.1) is 0 Å². The maximum Gasteiger partial charge on any atom is 0.474 e. The third kappa shape index (κ3) is 8.42. The lowest BCUT2D eigenvalue weighted by atomic mass is 10.3. The highest BCUT2D eigenvalue weighted by Crippen LogP contribution is 2.54. The van der Waals surface area contributed by atoms with Crippen LogP contribution in [0.5, 0.6) is 0 Å². The molecule has 0 radical (unpaired) electrons. The minimum atomic E-state index is -7.07. The van der Waals surface area contributed by atoms with Gasteiger partial charge in [0.25, 0.3) is 12.2 Å². The van der Waals surface area contributed by atoms with Crippen molar-refractivity contribution in [2.24, 2.45) is 0 Å². The van der Waals surface area contributed by atoms with E-state index in [2.05, 4.69) is 9.05 Å². The van der Waals surface area contributed by atoms with Gasteiger partial charge in [-0.3, -0.25) is 9.05 Å². The van der Waals surface area contributed by atoms with Crippen molar-refractivity contribution < 1.29 is 71.2 Å². The standard InChI is InChI=1S/C6H3F12O4P.Mg.2H/c7-3(8,9)1(4(10,11)12)21-23(19,20)22-2(5(13,14)15)6(16,17)18;;;/h1-2H,(H,19,20);;;. The van der Waals surface area contributed by atoms with Crippen LogP contribution in [0.1, 0.15) is 0 Å². The van der Waals surface area contributed by atoms with Crippen LogP contribution < -0.4 is 0 Å². The first-order chi connectivity index (χ1) is 9.68. The maximum absolute atomic E-state index is 12.0. The molecule has 0 saturated heterocycles. The van der Waals surface area contributed by atoms with Crippen LogP contribution >= 0.6 is 7.82 Å². The summed E-state index contributed by atoms with van der Waals surface area (Å²) in [5.74, 6) is 0. The number of phosphoric acid groups is 1. The van der Waals surface area contributed by atoms with Crippen molar-refractivity contribution >= 4 is 30.9 Å². The van der Waals surface area contributed by atoms with Gasteiger partial charge in [-0.15, -0.1) is 0 Å². The minimum absolute atomic E-state index is 0. The average molecular weight is 424 g/mol. The van der Waals surface area contributed by atoms with E-state index in [1.807, 2.05) is 0 Å². The number of alkyl halides is 12. The molecule has 0 aliphatic rings. The molecule has 0 aromatic rings. The molecular weight excluding hydrogens is 419 g/mol. The zero-order chi connectivity index (χ0) is 19.1. The summed E-state index contributed by atoms with van der Waals surface area (Å²) in [6.45, 7) is 0. The summed E-state index contributed by atoms with van der Waals surface area (Å²) >= 11 is 0. The number of rotatable bonds is 4. The highest BCUT2D eigenvalue weighted by molar-refractivity contribution is 7.47. The Morgan fingerprint density at radius 1 is 0.625 bits per heavy atom. The molecule has 0 saturated carbocycles. The molecule has 0 fully saturated rings. The molecule has 0 atom stereocenters. The fraction of sp³-hybridized carbons (Fsp3) is 1.00. The van der Waals surface area contributed by atoms with Crippen molar-refractivity contribution in [2.75, 3.05) is 0 Å². The summed E-state index contributed by atoms with van der Waals surface area (Å²) in [4.78, 5) is 8.42. The quantitative estimate of drug-likeness (QED) is 0.428. The predicted molar refractivity (Wildman–Crippen MR) is 52.3 cm³/mol. The molecule has 0 bridgehead atoms. The Bertz CT molecular complexity index is 386. The SMILES string of the molecule is O=P(O)(OC(C(F)(F)F)C(F)(F)F)OC(C(F)(F)F)C(F)(F)F.[MgH2]. The topological polar surface area (TPSA) is 55.8 Å². The van der Waals surface area contributed by atoms with E-state index in [-0.39, 0.29) is 23.1 Å². The summed E-state index contributed by atoms with van der Waals surface area (Å²) in [5, 5.41) is 0. The Balaban J connectivity index is 0. The van der Waals surface area contributed by atoms with Gasteiger partial charge in [0.1, 0.15) is 0 Å². The fourth-order valence-corrected chi connectivity index (χ4v) is 1.96. The molecule has 18 heteroatoms. The van der Waals surface area contributed by atoms with Gasteiger partial charge >= 0.3 is 55.6 Å². The van der Waals surface area contributed by atoms with Gasteiger partial charge in [-0.1, -0.05) is 0 Å². The van der Waals surface area contributed by atoms with Crippen molar-refractivity contribution in [3.05, 3.63) is 0 Å². The van der Waals surface area contributed by atoms with Gasteiger partial charge in [0.2, 0.25) is 0 Å². The third-order valence-electron chi connectivity index (χ3n) is 1.67. The molecule has 0 aromatic carbocycles. The molecule has 0 spiro atoms. The summed E-state index contributed by atoms with van der Waals surface area (Å²) < 4.78 is 159. The van der Waals surface area contributed by atoms with E-state index >= 15 is 0 Å². The number of halogens is 12. The molecule has 0 heterocycles. The number of hydrogen-bond donors (Lipinski definition) is 1. The third-order valence-corrected chi connectivity index (χ3v) is 2.62. The van der Waals surface area contributed by atoms with Crippen LogP contribution in [0.2, 0.25) is 0 Å². The smallest absolute Gasteiger partial charge is 0.302 e. The molecule has 0 unspecified atom stereocenters. The largest absolute Gasteiger partial charge is 0.474 e. The Hall–Kier alpha value is 0.0362. The molecule has 4 nitrogen and oxygen atoms in total. The lowest BCUT2D eigenvalue weighted by molar-refractivity contribution is -0.317. The first-order valence-corrected chi connectivity index (χ1v) is 6.14. The van der Waals surface area contributed by atoms with E-state index in [4.69, 9.17) is 4.89 Å². The van der Waals surface area contributed by atoms with Gasteiger partial charge in [0.15, 0.2) is 0 Å². The van der Waals surface area contributed by atoms with Gasteiger partial charge in [-0.25, -0.2) is 4.57 Å². The van der Waals surface area contributed by atoms with Crippen LogP contribution in [0.25, 0.3) is 0 Å². The molecule has 144 valence electrons. The lowest BCUT2D eigenvalue weighted by Crippen LogP contribution is -2.46. The van der Waals surface area contributed by atoms with E-state index in [0.717, 1.165) is 0 Å². The molecule has 24 heavy (non-hydrogen) atoms. The first-order valence-electron chi connectivity index (χ1n) is 4.64. The highest BCUT2D eigenvalue weighted by Gasteiger charge is 2.64. The van der Waals surface area contributed by atoms with E-state index < -0.39 is 44.7 Å². The van der Waals surface area contributed by atoms with Gasteiger partial charge in [-0.05, 0) is 0 Å². The second-order valence-corrected chi connectivity index (χ2v) is 4.96. The van der Waals surface area contributed by atoms with Gasteiger partial charge in [0.05, 0.1) is 0 Å². The van der Waals surface area contributed by atoms with Crippen molar-refractivity contribution in [2.45, 2.75) is 36.9 Å². The van der Waals surface area contributed by atoms with E-state index in [0.29, 0.717) is 0 Å². The Morgan fingerprint density at radius 3 is 0.917 bits per heavy atom. The van der Waals surface area contributed by atoms with Crippen molar-refractivity contribution in [1.82, 2.24) is 0 Å². The Labute approximate surface area is 139 Å². The molecule has 1 N–H and O–H groups in total. The van der Waals surface area contributed by atoms with Crippen molar-refractivity contribution in [3.8, 4) is 0 Å². The predicted octanol–water partition coefficient (Wildman–Crippen LogP) is 3.19. The Morgan fingerprint density at radius 2 is 0.792 bits per heavy atom. The molecule has 0 aliphatic heterocycles. The van der Waals surface area contributed by atoms with E-state index in [1.165, 1.54) is 0 Å². The van der Waals surface area contributed by atoms with E-state index in [1.54, 1.807) is 0 Å². The second-order valence-electron chi connectivity index (χ2n) is 3.61. The van der Waals surface area contributed by atoms with Crippen molar-refractivity contribution in [3.63, 3.8) is 0 Å². The first kappa shape index (κ1) is 26.3. The zero-order valence-corrected chi connectivity index (χ0v) is 10.7. The summed E-state index contributed by atoms with van der Waals surface area (Å²) in [5.41, 5.74) is 0. The summed E-state index contributed by atoms with van der Waals surface area (Å²) in [6.07, 6.45) is -36.2. The van der Waals surface area contributed by atoms with Crippen LogP contribution in [0.4, 0.5) is 52.7 Å². The average Bonchev–Trinajstić information content (AvgIpc) is 2.16. The minimum Gasteiger partial charge on any atom is -0.302 e. The van der Waals surface area contributed by atoms with Crippen molar-refractivity contribution in [1.29, 1.82) is 0 Å². The maximum atomic E-state index is 12.0. The molecule has 0 aromatic heterocycles. The highest BCUT2D eigenvalue weighted by atomic mass is 31.2. The monoisotopic (exact) mass is 424 g/mol.